The summed E-state index contributed by atoms with van der Waals surface area (Å²) in [6, 6.07) is -0.910. The molecular formula is C56H96N2O6P+. The molecule has 0 aromatic carbocycles. The van der Waals surface area contributed by atoms with E-state index >= 15 is 0 Å². The molecule has 0 spiro atoms. The van der Waals surface area contributed by atoms with Gasteiger partial charge in [0, 0.05) is 6.42 Å². The van der Waals surface area contributed by atoms with Gasteiger partial charge in [-0.15, -0.1) is 0 Å². The third-order valence-electron chi connectivity index (χ3n) is 10.4. The van der Waals surface area contributed by atoms with E-state index in [1.165, 1.54) is 70.6 Å². The number of nitrogens with one attached hydrogen (secondary N) is 1. The van der Waals surface area contributed by atoms with Gasteiger partial charge in [0.15, 0.2) is 0 Å². The standard InChI is InChI=1S/C56H95N2O6P/c1-6-8-10-12-14-16-18-20-22-24-26-28-29-30-32-34-36-38-40-42-44-46-48-50-56(60)57-54(53-64-65(61,62)63-52-51-58(3,4)5)55(59)49-47-45-43-41-39-37-35-33-31-27-25-23-21-19-17-15-13-11-9-7-2/h8,10,14,16,20,22,26,28,30-33,36,38-39,41-42,44,47,49,54-55,59H,6-7,9,11-13,15,17-19,21,23-25,27,29,34-35,37,40,43,45-46,48,50-53H2,1-5H3,(H-,57,60,61,62)/p+1/b10-8-,16-14-,22-20-,28-26-,32-30-,33-31+,38-36-,41-39+,44-42-,49-47+. The minimum absolute atomic E-state index is 0.0353. The first kappa shape index (κ1) is 61.9. The second-order valence-corrected chi connectivity index (χ2v) is 19.2. The molecule has 0 aliphatic carbocycles. The fourth-order valence-corrected chi connectivity index (χ4v) is 7.15. The van der Waals surface area contributed by atoms with Crippen LogP contribution in [0.2, 0.25) is 0 Å². The lowest BCUT2D eigenvalue weighted by atomic mass is 10.1. The van der Waals surface area contributed by atoms with Crippen LogP contribution in [0.3, 0.4) is 0 Å². The first-order chi connectivity index (χ1) is 31.5. The van der Waals surface area contributed by atoms with E-state index in [0.29, 0.717) is 17.4 Å². The number of rotatable bonds is 44. The van der Waals surface area contributed by atoms with E-state index in [1.54, 1.807) is 6.08 Å². The smallest absolute Gasteiger partial charge is 0.387 e. The SMILES string of the molecule is CC/C=C\C/C=C\C/C=C\C/C=C\C/C=C\C/C=C\C/C=C\CCCC(=O)NC(COP(=O)(O)OCC[N+](C)(C)C)C(O)/C=C/CC/C=C/CC/C=C/CCCCCCCCCCCC. The Morgan fingerprint density at radius 2 is 0.938 bits per heavy atom. The van der Waals surface area contributed by atoms with Gasteiger partial charge in [0.1, 0.15) is 13.2 Å². The second kappa shape index (κ2) is 46.0. The Hall–Kier alpha value is -3.10. The van der Waals surface area contributed by atoms with Crippen LogP contribution in [0.5, 0.6) is 0 Å². The van der Waals surface area contributed by atoms with Crippen molar-refractivity contribution in [2.45, 2.75) is 187 Å². The topological polar surface area (TPSA) is 105 Å². The Kier molecular flexibility index (Phi) is 43.8. The summed E-state index contributed by atoms with van der Waals surface area (Å²) in [7, 11) is 1.49. The lowest BCUT2D eigenvalue weighted by Gasteiger charge is -2.25. The normalized spacial score (nSPS) is 15.1. The molecule has 370 valence electrons. The summed E-state index contributed by atoms with van der Waals surface area (Å²) in [6.07, 6.45) is 68.6. The number of carbonyl (C=O) groups excluding carboxylic acids is 1. The second-order valence-electron chi connectivity index (χ2n) is 17.8. The van der Waals surface area contributed by atoms with E-state index in [-0.39, 0.29) is 25.5 Å². The number of nitrogens with zero attached hydrogens (tertiary/aromatic N) is 1. The van der Waals surface area contributed by atoms with E-state index in [0.717, 1.165) is 77.0 Å². The molecule has 0 saturated carbocycles. The molecular weight excluding hydrogens is 828 g/mol. The number of quaternary nitrogens is 1. The third kappa shape index (κ3) is 48.6. The van der Waals surface area contributed by atoms with Crippen molar-refractivity contribution < 1.29 is 32.9 Å². The number of carbonyl (C=O) groups is 1. The van der Waals surface area contributed by atoms with Crippen molar-refractivity contribution in [2.24, 2.45) is 0 Å². The molecule has 0 fully saturated rings. The van der Waals surface area contributed by atoms with Crippen LogP contribution in [-0.4, -0.2) is 73.4 Å². The van der Waals surface area contributed by atoms with Gasteiger partial charge in [0.2, 0.25) is 5.91 Å². The van der Waals surface area contributed by atoms with E-state index in [2.05, 4.69) is 129 Å². The van der Waals surface area contributed by atoms with Crippen LogP contribution in [0.25, 0.3) is 0 Å². The Morgan fingerprint density at radius 1 is 0.538 bits per heavy atom. The number of phosphoric ester groups is 1. The summed E-state index contributed by atoms with van der Waals surface area (Å²) in [5.41, 5.74) is 0. The van der Waals surface area contributed by atoms with Gasteiger partial charge in [0.25, 0.3) is 0 Å². The first-order valence-electron chi connectivity index (χ1n) is 25.4. The fourth-order valence-electron chi connectivity index (χ4n) is 6.41. The summed E-state index contributed by atoms with van der Waals surface area (Å²) >= 11 is 0. The van der Waals surface area contributed by atoms with Crippen molar-refractivity contribution in [3.63, 3.8) is 0 Å². The Bertz CT molecular complexity index is 1460. The fraction of sp³-hybridized carbons (Fsp3) is 0.625. The van der Waals surface area contributed by atoms with Crippen LogP contribution in [0.4, 0.5) is 0 Å². The molecule has 3 N–H and O–H groups in total. The molecule has 0 rings (SSSR count). The molecule has 0 aliphatic rings. The van der Waals surface area contributed by atoms with Gasteiger partial charge in [0.05, 0.1) is 39.9 Å². The summed E-state index contributed by atoms with van der Waals surface area (Å²) in [4.78, 5) is 23.2. The number of aliphatic hydroxyl groups excluding tert-OH is 1. The van der Waals surface area contributed by atoms with Crippen LogP contribution in [0.1, 0.15) is 174 Å². The summed E-state index contributed by atoms with van der Waals surface area (Å²) in [5, 5.41) is 13.8. The highest BCUT2D eigenvalue weighted by atomic mass is 31.2. The molecule has 65 heavy (non-hydrogen) atoms. The van der Waals surface area contributed by atoms with E-state index in [9.17, 15) is 19.4 Å². The molecule has 3 atom stereocenters. The number of hydrogen-bond acceptors (Lipinski definition) is 5. The number of phosphoric acid groups is 1. The summed E-state index contributed by atoms with van der Waals surface area (Å²) < 4.78 is 23.6. The number of amides is 1. The highest BCUT2D eigenvalue weighted by Crippen LogP contribution is 2.43. The summed E-state index contributed by atoms with van der Waals surface area (Å²) in [5.74, 6) is -0.254. The Morgan fingerprint density at radius 3 is 1.42 bits per heavy atom. The molecule has 0 saturated heterocycles. The van der Waals surface area contributed by atoms with E-state index < -0.39 is 20.0 Å². The molecule has 3 unspecified atom stereocenters. The maximum absolute atomic E-state index is 12.9. The predicted molar refractivity (Wildman–Crippen MR) is 281 cm³/mol. The molecule has 8 nitrogen and oxygen atoms in total. The molecule has 0 aliphatic heterocycles. The zero-order valence-electron chi connectivity index (χ0n) is 41.9. The molecule has 0 heterocycles. The van der Waals surface area contributed by atoms with Gasteiger partial charge in [-0.3, -0.25) is 13.8 Å². The van der Waals surface area contributed by atoms with Crippen molar-refractivity contribution in [3.05, 3.63) is 122 Å². The molecule has 9 heteroatoms. The maximum Gasteiger partial charge on any atom is 0.472 e. The number of aliphatic hydroxyl groups is 1. The minimum Gasteiger partial charge on any atom is -0.387 e. The maximum atomic E-state index is 12.9. The van der Waals surface area contributed by atoms with Gasteiger partial charge in [-0.1, -0.05) is 193 Å². The third-order valence-corrected chi connectivity index (χ3v) is 11.4. The zero-order valence-corrected chi connectivity index (χ0v) is 42.8. The van der Waals surface area contributed by atoms with Gasteiger partial charge >= 0.3 is 7.82 Å². The van der Waals surface area contributed by atoms with Crippen LogP contribution in [0, 0.1) is 0 Å². The summed E-state index contributed by atoms with van der Waals surface area (Å²) in [6.45, 7) is 4.60. The molecule has 0 aromatic heterocycles. The highest BCUT2D eigenvalue weighted by molar-refractivity contribution is 7.47. The van der Waals surface area contributed by atoms with E-state index in [4.69, 9.17) is 9.05 Å². The van der Waals surface area contributed by atoms with Crippen molar-refractivity contribution in [2.75, 3.05) is 40.9 Å². The van der Waals surface area contributed by atoms with E-state index in [1.807, 2.05) is 27.2 Å². The molecule has 0 radical (unpaired) electrons. The molecule has 0 aromatic rings. The first-order valence-corrected chi connectivity index (χ1v) is 26.9. The van der Waals surface area contributed by atoms with Crippen LogP contribution in [0.15, 0.2) is 122 Å². The number of allylic oxidation sites excluding steroid dienone is 19. The van der Waals surface area contributed by atoms with Gasteiger partial charge in [-0.05, 0) is 96.3 Å². The van der Waals surface area contributed by atoms with Crippen molar-refractivity contribution in [1.29, 1.82) is 0 Å². The Balaban J connectivity index is 4.55. The van der Waals surface area contributed by atoms with Gasteiger partial charge in [-0.2, -0.15) is 0 Å². The van der Waals surface area contributed by atoms with Gasteiger partial charge in [-0.25, -0.2) is 4.57 Å². The van der Waals surface area contributed by atoms with Crippen molar-refractivity contribution >= 4 is 13.7 Å². The highest BCUT2D eigenvalue weighted by Gasteiger charge is 2.27. The van der Waals surface area contributed by atoms with Crippen LogP contribution < -0.4 is 5.32 Å². The zero-order chi connectivity index (χ0) is 47.8. The van der Waals surface area contributed by atoms with Crippen molar-refractivity contribution in [1.82, 2.24) is 5.32 Å². The largest absolute Gasteiger partial charge is 0.472 e. The van der Waals surface area contributed by atoms with Gasteiger partial charge < -0.3 is 19.8 Å². The van der Waals surface area contributed by atoms with Crippen LogP contribution >= 0.6 is 7.82 Å². The number of hydrogen-bond donors (Lipinski definition) is 3. The Labute approximate surface area is 399 Å². The number of unbranched alkanes of at least 4 members (excludes halogenated alkanes) is 13. The lowest BCUT2D eigenvalue weighted by Crippen LogP contribution is -2.45. The monoisotopic (exact) mass is 924 g/mol. The lowest BCUT2D eigenvalue weighted by molar-refractivity contribution is -0.870. The minimum atomic E-state index is -4.38. The van der Waals surface area contributed by atoms with Crippen LogP contribution in [-0.2, 0) is 18.4 Å². The average Bonchev–Trinajstić information content (AvgIpc) is 3.26. The molecule has 0 bridgehead atoms. The van der Waals surface area contributed by atoms with Crippen molar-refractivity contribution in [3.8, 4) is 0 Å². The quantitative estimate of drug-likeness (QED) is 0.0243. The number of likely N-dealkylation sites (N-methyl/N-ethyl adjacent to an activating group) is 1. The predicted octanol–water partition coefficient (Wildman–Crippen LogP) is 15.0. The molecule has 1 amide bonds. The average molecular weight is 924 g/mol.